The normalized spacial score (nSPS) is 10.8. The van der Waals surface area contributed by atoms with E-state index in [0.717, 1.165) is 27.8 Å². The molecule has 2 aromatic carbocycles. The Bertz CT molecular complexity index is 831. The molecule has 5 heteroatoms. The van der Waals surface area contributed by atoms with E-state index in [1.807, 2.05) is 43.3 Å². The van der Waals surface area contributed by atoms with Gasteiger partial charge in [-0.1, -0.05) is 23.2 Å². The molecule has 0 atom stereocenters. The first-order chi connectivity index (χ1) is 10.1. The quantitative estimate of drug-likeness (QED) is 0.640. The van der Waals surface area contributed by atoms with Gasteiger partial charge in [0.1, 0.15) is 0 Å². The van der Waals surface area contributed by atoms with Crippen LogP contribution in [-0.2, 0) is 0 Å². The molecule has 0 radical (unpaired) electrons. The average molecular weight is 318 g/mol. The Morgan fingerprint density at radius 3 is 2.67 bits per heavy atom. The number of fused-ring (bicyclic) bond motifs is 1. The molecule has 21 heavy (non-hydrogen) atoms. The number of aromatic nitrogens is 1. The number of nitrogens with zero attached hydrogens (tertiary/aromatic N) is 1. The van der Waals surface area contributed by atoms with Gasteiger partial charge < -0.3 is 11.1 Å². The van der Waals surface area contributed by atoms with Crippen molar-refractivity contribution in [2.45, 2.75) is 6.92 Å². The molecule has 3 nitrogen and oxygen atoms in total. The van der Waals surface area contributed by atoms with E-state index in [1.54, 1.807) is 6.20 Å². The molecule has 0 spiro atoms. The van der Waals surface area contributed by atoms with Crippen LogP contribution in [0.2, 0.25) is 10.0 Å². The molecule has 0 saturated heterocycles. The average Bonchev–Trinajstić information content (AvgIpc) is 2.48. The van der Waals surface area contributed by atoms with Gasteiger partial charge in [-0.2, -0.15) is 0 Å². The van der Waals surface area contributed by atoms with E-state index in [0.29, 0.717) is 15.7 Å². The lowest BCUT2D eigenvalue weighted by Gasteiger charge is -2.13. The van der Waals surface area contributed by atoms with E-state index in [4.69, 9.17) is 28.9 Å². The second-order valence-corrected chi connectivity index (χ2v) is 5.62. The van der Waals surface area contributed by atoms with E-state index in [-0.39, 0.29) is 0 Å². The van der Waals surface area contributed by atoms with Gasteiger partial charge in [0.15, 0.2) is 0 Å². The summed E-state index contributed by atoms with van der Waals surface area (Å²) in [6.45, 7) is 1.97. The van der Waals surface area contributed by atoms with Crippen LogP contribution >= 0.6 is 23.2 Å². The first-order valence-electron chi connectivity index (χ1n) is 6.42. The zero-order chi connectivity index (χ0) is 15.0. The lowest BCUT2D eigenvalue weighted by molar-refractivity contribution is 1.39. The molecule has 1 heterocycles. The van der Waals surface area contributed by atoms with Crippen LogP contribution in [-0.4, -0.2) is 4.98 Å². The molecule has 3 N–H and O–H groups in total. The zero-order valence-electron chi connectivity index (χ0n) is 11.3. The fourth-order valence-electron chi connectivity index (χ4n) is 2.22. The Labute approximate surface area is 132 Å². The smallest absolute Gasteiger partial charge is 0.0951 e. The molecular formula is C16H13Cl2N3. The number of nitrogen functional groups attached to an aromatic ring is 1. The maximum Gasteiger partial charge on any atom is 0.0951 e. The van der Waals surface area contributed by atoms with Crippen molar-refractivity contribution in [3.8, 4) is 0 Å². The summed E-state index contributed by atoms with van der Waals surface area (Å²) in [4.78, 5) is 4.40. The van der Waals surface area contributed by atoms with Crippen molar-refractivity contribution >= 4 is 51.2 Å². The highest BCUT2D eigenvalue weighted by molar-refractivity contribution is 6.36. The van der Waals surface area contributed by atoms with Crippen LogP contribution in [0, 0.1) is 6.92 Å². The van der Waals surface area contributed by atoms with Crippen LogP contribution in [0.25, 0.3) is 10.9 Å². The molecule has 3 aromatic rings. The Morgan fingerprint density at radius 1 is 1.05 bits per heavy atom. The summed E-state index contributed by atoms with van der Waals surface area (Å²) in [6, 6.07) is 11.2. The van der Waals surface area contributed by atoms with Crippen molar-refractivity contribution in [3.63, 3.8) is 0 Å². The van der Waals surface area contributed by atoms with E-state index in [9.17, 15) is 0 Å². The summed E-state index contributed by atoms with van der Waals surface area (Å²) < 4.78 is 0. The predicted molar refractivity (Wildman–Crippen MR) is 90.6 cm³/mol. The van der Waals surface area contributed by atoms with Gasteiger partial charge >= 0.3 is 0 Å². The van der Waals surface area contributed by atoms with Crippen LogP contribution < -0.4 is 11.1 Å². The third kappa shape index (κ3) is 2.62. The first kappa shape index (κ1) is 14.0. The fourth-order valence-corrected chi connectivity index (χ4v) is 2.60. The van der Waals surface area contributed by atoms with Gasteiger partial charge in [-0.25, -0.2) is 0 Å². The van der Waals surface area contributed by atoms with Crippen molar-refractivity contribution in [2.24, 2.45) is 0 Å². The number of anilines is 3. The van der Waals surface area contributed by atoms with E-state index >= 15 is 0 Å². The lowest BCUT2D eigenvalue weighted by atomic mass is 10.1. The van der Waals surface area contributed by atoms with Crippen molar-refractivity contribution < 1.29 is 0 Å². The minimum absolute atomic E-state index is 0.523. The van der Waals surface area contributed by atoms with Crippen LogP contribution in [0.15, 0.2) is 42.6 Å². The summed E-state index contributed by atoms with van der Waals surface area (Å²) in [5, 5.41) is 5.45. The summed E-state index contributed by atoms with van der Waals surface area (Å²) in [5.74, 6) is 0. The van der Waals surface area contributed by atoms with Crippen LogP contribution in [0.1, 0.15) is 5.56 Å². The number of rotatable bonds is 2. The molecule has 0 amide bonds. The summed E-state index contributed by atoms with van der Waals surface area (Å²) in [5.41, 5.74) is 9.97. The number of pyridine rings is 1. The fraction of sp³-hybridized carbons (Fsp3) is 0.0625. The van der Waals surface area contributed by atoms with Gasteiger partial charge in [-0.05, 0) is 48.9 Å². The molecule has 0 bridgehead atoms. The van der Waals surface area contributed by atoms with Gasteiger partial charge in [0.25, 0.3) is 0 Å². The summed E-state index contributed by atoms with van der Waals surface area (Å²) in [6.07, 6.45) is 1.74. The van der Waals surface area contributed by atoms with Crippen molar-refractivity contribution in [2.75, 3.05) is 11.1 Å². The van der Waals surface area contributed by atoms with E-state index in [2.05, 4.69) is 10.3 Å². The Balaban J connectivity index is 2.11. The van der Waals surface area contributed by atoms with Crippen LogP contribution in [0.4, 0.5) is 17.1 Å². The monoisotopic (exact) mass is 317 g/mol. The maximum atomic E-state index is 6.20. The number of nitrogens with two attached hydrogens (primary N) is 1. The maximum absolute atomic E-state index is 6.20. The second kappa shape index (κ2) is 5.43. The number of aryl methyl sites for hydroxylation is 1. The molecule has 0 aliphatic heterocycles. The lowest BCUT2D eigenvalue weighted by Crippen LogP contribution is -1.97. The molecule has 106 valence electrons. The third-order valence-corrected chi connectivity index (χ3v) is 3.99. The largest absolute Gasteiger partial charge is 0.398 e. The molecule has 0 fully saturated rings. The highest BCUT2D eigenvalue weighted by Gasteiger charge is 2.08. The molecule has 0 aliphatic carbocycles. The number of hydrogen-bond acceptors (Lipinski definition) is 3. The number of benzene rings is 2. The van der Waals surface area contributed by atoms with Crippen LogP contribution in [0.5, 0.6) is 0 Å². The summed E-state index contributed by atoms with van der Waals surface area (Å²) >= 11 is 12.3. The Hall–Kier alpha value is -1.97. The van der Waals surface area contributed by atoms with Gasteiger partial charge in [0, 0.05) is 17.3 Å². The Kier molecular flexibility index (Phi) is 3.62. The molecule has 0 saturated carbocycles. The first-order valence-corrected chi connectivity index (χ1v) is 7.18. The highest BCUT2D eigenvalue weighted by Crippen LogP contribution is 2.33. The van der Waals surface area contributed by atoms with Crippen molar-refractivity contribution in [1.29, 1.82) is 0 Å². The topological polar surface area (TPSA) is 50.9 Å². The van der Waals surface area contributed by atoms with Gasteiger partial charge in [-0.15, -0.1) is 0 Å². The standard InChI is InChI=1S/C16H13Cl2N3/c1-9-7-13(19)12(18)8-15(9)21-14-5-4-11(17)10-3-2-6-20-16(10)14/h2-8,21H,19H2,1H3. The minimum Gasteiger partial charge on any atom is -0.398 e. The highest BCUT2D eigenvalue weighted by atomic mass is 35.5. The molecule has 1 aromatic heterocycles. The minimum atomic E-state index is 0.523. The van der Waals surface area contributed by atoms with Gasteiger partial charge in [0.05, 0.1) is 26.9 Å². The predicted octanol–water partition coefficient (Wildman–Crippen LogP) is 5.18. The van der Waals surface area contributed by atoms with Crippen molar-refractivity contribution in [1.82, 2.24) is 4.98 Å². The SMILES string of the molecule is Cc1cc(N)c(Cl)cc1Nc1ccc(Cl)c2cccnc12. The number of halogens is 2. The Morgan fingerprint density at radius 2 is 1.86 bits per heavy atom. The van der Waals surface area contributed by atoms with E-state index in [1.165, 1.54) is 0 Å². The van der Waals surface area contributed by atoms with Gasteiger partial charge in [0.2, 0.25) is 0 Å². The molecule has 3 rings (SSSR count). The van der Waals surface area contributed by atoms with E-state index < -0.39 is 0 Å². The second-order valence-electron chi connectivity index (χ2n) is 4.81. The number of nitrogens with one attached hydrogen (secondary N) is 1. The molecule has 0 unspecified atom stereocenters. The van der Waals surface area contributed by atoms with Gasteiger partial charge in [-0.3, -0.25) is 4.98 Å². The van der Waals surface area contributed by atoms with Crippen LogP contribution in [0.3, 0.4) is 0 Å². The molecule has 0 aliphatic rings. The zero-order valence-corrected chi connectivity index (χ0v) is 12.8. The third-order valence-electron chi connectivity index (χ3n) is 3.33. The molecular weight excluding hydrogens is 305 g/mol. The van der Waals surface area contributed by atoms with Crippen molar-refractivity contribution in [3.05, 3.63) is 58.2 Å². The summed E-state index contributed by atoms with van der Waals surface area (Å²) in [7, 11) is 0. The number of hydrogen-bond donors (Lipinski definition) is 2.